The molecule has 1 saturated heterocycles. The van der Waals surface area contributed by atoms with Gasteiger partial charge in [0.05, 0.1) is 30.9 Å². The fourth-order valence-corrected chi connectivity index (χ4v) is 2.17. The Bertz CT molecular complexity index is 507. The van der Waals surface area contributed by atoms with Gasteiger partial charge < -0.3 is 25.5 Å². The number of carboxylic acids is 1. The normalized spacial score (nSPS) is 21.3. The molecular weight excluding hydrogens is 276 g/mol. The second-order valence-electron chi connectivity index (χ2n) is 5.02. The van der Waals surface area contributed by atoms with Gasteiger partial charge in [-0.05, 0) is 24.1 Å². The molecule has 1 aromatic rings. The van der Waals surface area contributed by atoms with Gasteiger partial charge >= 0.3 is 12.0 Å². The van der Waals surface area contributed by atoms with Crippen molar-refractivity contribution in [2.45, 2.75) is 18.6 Å². The van der Waals surface area contributed by atoms with Crippen molar-refractivity contribution >= 4 is 12.0 Å². The van der Waals surface area contributed by atoms with Crippen LogP contribution in [0.2, 0.25) is 0 Å². The van der Waals surface area contributed by atoms with Crippen LogP contribution >= 0.6 is 0 Å². The molecule has 0 aromatic heterocycles. The van der Waals surface area contributed by atoms with Crippen LogP contribution < -0.4 is 5.32 Å². The van der Waals surface area contributed by atoms with E-state index in [0.29, 0.717) is 13.0 Å². The van der Waals surface area contributed by atoms with Crippen LogP contribution in [0.25, 0.3) is 0 Å². The number of hydrogen-bond donors (Lipinski definition) is 4. The summed E-state index contributed by atoms with van der Waals surface area (Å²) in [6.45, 7) is 0.647. The number of likely N-dealkylation sites (tertiary alicyclic amines) is 1. The quantitative estimate of drug-likeness (QED) is 0.608. The zero-order valence-electron chi connectivity index (χ0n) is 11.4. The number of hydrogen-bond acceptors (Lipinski definition) is 4. The van der Waals surface area contributed by atoms with E-state index >= 15 is 0 Å². The lowest BCUT2D eigenvalue weighted by Crippen LogP contribution is -2.40. The third kappa shape index (κ3) is 3.93. The van der Waals surface area contributed by atoms with Gasteiger partial charge in [-0.15, -0.1) is 0 Å². The number of β-amino-alcohol motifs (C(OH)–C–C–N with tert-alkyl or cyclic N) is 2. The van der Waals surface area contributed by atoms with Crippen molar-refractivity contribution in [2.75, 3.05) is 19.6 Å². The molecule has 7 heteroatoms. The fraction of sp³-hybridized carbons (Fsp3) is 0.429. The van der Waals surface area contributed by atoms with E-state index in [2.05, 4.69) is 5.32 Å². The molecule has 0 aliphatic carbocycles. The Kier molecular flexibility index (Phi) is 4.77. The standard InChI is InChI=1S/C14H18N2O5/c17-11-7-16(8-12(11)18)14(21)15-6-5-9-1-3-10(4-2-9)13(19)20/h1-4,11-12,17-18H,5-8H2,(H,15,21)(H,19,20). The van der Waals surface area contributed by atoms with E-state index in [1.54, 1.807) is 12.1 Å². The maximum Gasteiger partial charge on any atom is 0.335 e. The largest absolute Gasteiger partial charge is 0.478 e. The highest BCUT2D eigenvalue weighted by molar-refractivity contribution is 5.87. The Morgan fingerprint density at radius 1 is 1.14 bits per heavy atom. The maximum absolute atomic E-state index is 11.8. The summed E-state index contributed by atoms with van der Waals surface area (Å²) in [4.78, 5) is 23.9. The van der Waals surface area contributed by atoms with Gasteiger partial charge in [0.15, 0.2) is 0 Å². The van der Waals surface area contributed by atoms with Gasteiger partial charge in [0.25, 0.3) is 0 Å². The number of aliphatic hydroxyl groups is 2. The summed E-state index contributed by atoms with van der Waals surface area (Å²) in [7, 11) is 0. The monoisotopic (exact) mass is 294 g/mol. The Hall–Kier alpha value is -2.12. The average Bonchev–Trinajstić information content (AvgIpc) is 2.79. The van der Waals surface area contributed by atoms with E-state index < -0.39 is 18.2 Å². The van der Waals surface area contributed by atoms with Gasteiger partial charge in [-0.25, -0.2) is 9.59 Å². The van der Waals surface area contributed by atoms with Crippen LogP contribution in [0.15, 0.2) is 24.3 Å². The second-order valence-corrected chi connectivity index (χ2v) is 5.02. The number of nitrogens with zero attached hydrogens (tertiary/aromatic N) is 1. The molecule has 1 aliphatic rings. The van der Waals surface area contributed by atoms with Gasteiger partial charge in [0.1, 0.15) is 0 Å². The van der Waals surface area contributed by atoms with E-state index in [-0.39, 0.29) is 24.7 Å². The SMILES string of the molecule is O=C(O)c1ccc(CCNC(=O)N2CC(O)C(O)C2)cc1. The van der Waals surface area contributed by atoms with Gasteiger partial charge in [-0.2, -0.15) is 0 Å². The minimum absolute atomic E-state index is 0.125. The molecule has 1 aromatic carbocycles. The minimum Gasteiger partial charge on any atom is -0.478 e. The predicted octanol–water partition coefficient (Wildman–Crippen LogP) is -0.326. The van der Waals surface area contributed by atoms with E-state index in [1.165, 1.54) is 17.0 Å². The van der Waals surface area contributed by atoms with Crippen molar-refractivity contribution in [2.24, 2.45) is 0 Å². The molecule has 21 heavy (non-hydrogen) atoms. The summed E-state index contributed by atoms with van der Waals surface area (Å²) in [5.41, 5.74) is 1.14. The second kappa shape index (κ2) is 6.55. The van der Waals surface area contributed by atoms with Crippen molar-refractivity contribution in [3.05, 3.63) is 35.4 Å². The molecule has 0 spiro atoms. The highest BCUT2D eigenvalue weighted by Gasteiger charge is 2.32. The molecule has 1 heterocycles. The smallest absolute Gasteiger partial charge is 0.335 e. The molecule has 2 rings (SSSR count). The van der Waals surface area contributed by atoms with Crippen molar-refractivity contribution in [1.82, 2.24) is 10.2 Å². The third-order valence-electron chi connectivity index (χ3n) is 3.44. The summed E-state index contributed by atoms with van der Waals surface area (Å²) in [6, 6.07) is 6.13. The summed E-state index contributed by atoms with van der Waals surface area (Å²) in [6.07, 6.45) is -1.21. The first-order chi connectivity index (χ1) is 9.97. The molecule has 0 saturated carbocycles. The molecule has 2 atom stereocenters. The Balaban J connectivity index is 1.76. The van der Waals surface area contributed by atoms with E-state index in [1.807, 2.05) is 0 Å². The van der Waals surface area contributed by atoms with Crippen molar-refractivity contribution < 1.29 is 24.9 Å². The van der Waals surface area contributed by atoms with Gasteiger partial charge in [-0.1, -0.05) is 12.1 Å². The summed E-state index contributed by atoms with van der Waals surface area (Å²) in [5.74, 6) is -0.971. The van der Waals surface area contributed by atoms with E-state index in [0.717, 1.165) is 5.56 Å². The van der Waals surface area contributed by atoms with Crippen LogP contribution in [0.5, 0.6) is 0 Å². The van der Waals surface area contributed by atoms with Crippen molar-refractivity contribution in [3.8, 4) is 0 Å². The zero-order valence-corrected chi connectivity index (χ0v) is 11.4. The number of carbonyl (C=O) groups is 2. The lowest BCUT2D eigenvalue weighted by atomic mass is 10.1. The van der Waals surface area contributed by atoms with Gasteiger partial charge in [0.2, 0.25) is 0 Å². The average molecular weight is 294 g/mol. The summed E-state index contributed by atoms with van der Waals surface area (Å²) >= 11 is 0. The number of carboxylic acid groups (broad SMARTS) is 1. The molecule has 2 unspecified atom stereocenters. The topological polar surface area (TPSA) is 110 Å². The Morgan fingerprint density at radius 2 is 1.71 bits per heavy atom. The number of aromatic carboxylic acids is 1. The highest BCUT2D eigenvalue weighted by Crippen LogP contribution is 2.10. The minimum atomic E-state index is -0.971. The molecule has 7 nitrogen and oxygen atoms in total. The number of nitrogens with one attached hydrogen (secondary N) is 1. The molecule has 0 bridgehead atoms. The third-order valence-corrected chi connectivity index (χ3v) is 3.44. The summed E-state index contributed by atoms with van der Waals surface area (Å²) in [5, 5.41) is 30.2. The maximum atomic E-state index is 11.8. The van der Waals surface area contributed by atoms with E-state index in [9.17, 15) is 19.8 Å². The molecule has 1 aliphatic heterocycles. The molecule has 1 fully saturated rings. The van der Waals surface area contributed by atoms with Crippen molar-refractivity contribution in [3.63, 3.8) is 0 Å². The zero-order chi connectivity index (χ0) is 15.4. The van der Waals surface area contributed by atoms with Gasteiger partial charge in [0, 0.05) is 6.54 Å². The molecule has 2 amide bonds. The van der Waals surface area contributed by atoms with Gasteiger partial charge in [-0.3, -0.25) is 0 Å². The molecule has 0 radical (unpaired) electrons. The fourth-order valence-electron chi connectivity index (χ4n) is 2.17. The molecular formula is C14H18N2O5. The number of carbonyl (C=O) groups excluding carboxylic acids is 1. The van der Waals surface area contributed by atoms with Crippen molar-refractivity contribution in [1.29, 1.82) is 0 Å². The Morgan fingerprint density at radius 3 is 2.24 bits per heavy atom. The number of rotatable bonds is 4. The first-order valence-corrected chi connectivity index (χ1v) is 6.68. The Labute approximate surface area is 121 Å². The number of aliphatic hydroxyl groups excluding tert-OH is 2. The van der Waals surface area contributed by atoms with Crippen LogP contribution in [0.1, 0.15) is 15.9 Å². The first-order valence-electron chi connectivity index (χ1n) is 6.68. The number of urea groups is 1. The van der Waals surface area contributed by atoms with Crippen LogP contribution in [0.3, 0.4) is 0 Å². The molecule has 4 N–H and O–H groups in total. The summed E-state index contributed by atoms with van der Waals surface area (Å²) < 4.78 is 0. The first kappa shape index (κ1) is 15.3. The molecule has 114 valence electrons. The number of benzene rings is 1. The van der Waals surface area contributed by atoms with Crippen LogP contribution in [0.4, 0.5) is 4.79 Å². The lowest BCUT2D eigenvalue weighted by Gasteiger charge is -2.16. The van der Waals surface area contributed by atoms with Crippen LogP contribution in [-0.2, 0) is 6.42 Å². The highest BCUT2D eigenvalue weighted by atomic mass is 16.4. The van der Waals surface area contributed by atoms with E-state index in [4.69, 9.17) is 5.11 Å². The van der Waals surface area contributed by atoms with Crippen LogP contribution in [0, 0.1) is 0 Å². The van der Waals surface area contributed by atoms with Crippen LogP contribution in [-0.4, -0.2) is 64.1 Å². The predicted molar refractivity (Wildman–Crippen MR) is 74.1 cm³/mol. The number of amides is 2. The lowest BCUT2D eigenvalue weighted by molar-refractivity contribution is 0.0572.